The van der Waals surface area contributed by atoms with Gasteiger partial charge in [0, 0.05) is 25.3 Å². The van der Waals surface area contributed by atoms with Crippen LogP contribution in [0, 0.1) is 5.82 Å². The first kappa shape index (κ1) is 17.3. The van der Waals surface area contributed by atoms with Crippen LogP contribution in [-0.4, -0.2) is 43.7 Å². The van der Waals surface area contributed by atoms with E-state index >= 15 is 0 Å². The summed E-state index contributed by atoms with van der Waals surface area (Å²) in [5.41, 5.74) is 0.638. The average Bonchev–Trinajstić information content (AvgIpc) is 2.52. The van der Waals surface area contributed by atoms with Gasteiger partial charge in [-0.15, -0.1) is 0 Å². The number of benzene rings is 1. The lowest BCUT2D eigenvalue weighted by atomic mass is 9.94. The highest BCUT2D eigenvalue weighted by Crippen LogP contribution is 2.20. The topological polar surface area (TPSA) is 50.7 Å². The van der Waals surface area contributed by atoms with Crippen LogP contribution >= 0.6 is 0 Å². The summed E-state index contributed by atoms with van der Waals surface area (Å²) in [5.74, 6) is -0.246. The first-order chi connectivity index (χ1) is 10.5. The van der Waals surface area contributed by atoms with Gasteiger partial charge in [0.1, 0.15) is 5.82 Å². The maximum Gasteiger partial charge on any atom is 0.123 e. The predicted octanol–water partition coefficient (Wildman–Crippen LogP) is 2.21. The molecule has 2 N–H and O–H groups in total. The zero-order valence-corrected chi connectivity index (χ0v) is 13.3. The molecule has 0 amide bonds. The molecule has 1 unspecified atom stereocenters. The van der Waals surface area contributed by atoms with E-state index in [1.165, 1.54) is 12.1 Å². The van der Waals surface area contributed by atoms with Crippen molar-refractivity contribution in [2.75, 3.05) is 26.4 Å². The standard InChI is InChI=1S/C17H26FNO3/c1-17(2,13-3-5-14(18)6-4-13)19-11-15(20)12-22-16-7-9-21-10-8-16/h3-6,15-16,19-20H,7-12H2,1-2H3. The second-order valence-corrected chi connectivity index (χ2v) is 6.31. The van der Waals surface area contributed by atoms with Gasteiger partial charge in [-0.3, -0.25) is 0 Å². The Hall–Kier alpha value is -1.01. The van der Waals surface area contributed by atoms with Crippen LogP contribution in [-0.2, 0) is 15.0 Å². The fourth-order valence-electron chi connectivity index (χ4n) is 2.49. The molecule has 4 nitrogen and oxygen atoms in total. The minimum absolute atomic E-state index is 0.188. The Kier molecular flexibility index (Phi) is 6.32. The van der Waals surface area contributed by atoms with E-state index in [2.05, 4.69) is 5.32 Å². The molecular formula is C17H26FNO3. The Balaban J connectivity index is 1.74. The molecule has 2 rings (SSSR count). The van der Waals surface area contributed by atoms with Crippen molar-refractivity contribution in [1.29, 1.82) is 0 Å². The number of hydrogen-bond donors (Lipinski definition) is 2. The summed E-state index contributed by atoms with van der Waals surface area (Å²) >= 11 is 0. The first-order valence-corrected chi connectivity index (χ1v) is 7.86. The van der Waals surface area contributed by atoms with Crippen molar-refractivity contribution in [3.8, 4) is 0 Å². The maximum atomic E-state index is 13.0. The summed E-state index contributed by atoms with van der Waals surface area (Å²) in [5, 5.41) is 13.4. The molecule has 1 heterocycles. The van der Waals surface area contributed by atoms with Crippen LogP contribution < -0.4 is 5.32 Å². The molecule has 0 spiro atoms. The molecule has 124 valence electrons. The summed E-state index contributed by atoms with van der Waals surface area (Å²) in [7, 11) is 0. The van der Waals surface area contributed by atoms with E-state index < -0.39 is 6.10 Å². The summed E-state index contributed by atoms with van der Waals surface area (Å²) in [4.78, 5) is 0. The van der Waals surface area contributed by atoms with Crippen molar-refractivity contribution in [2.24, 2.45) is 0 Å². The Morgan fingerprint density at radius 3 is 2.59 bits per heavy atom. The normalized spacial score (nSPS) is 18.4. The fraction of sp³-hybridized carbons (Fsp3) is 0.647. The van der Waals surface area contributed by atoms with Crippen LogP contribution in [0.1, 0.15) is 32.3 Å². The van der Waals surface area contributed by atoms with Crippen molar-refractivity contribution in [2.45, 2.75) is 44.4 Å². The number of aliphatic hydroxyl groups is 1. The van der Waals surface area contributed by atoms with Gasteiger partial charge in [0.2, 0.25) is 0 Å². The van der Waals surface area contributed by atoms with Gasteiger partial charge in [-0.05, 0) is 44.4 Å². The Morgan fingerprint density at radius 2 is 1.95 bits per heavy atom. The van der Waals surface area contributed by atoms with Crippen LogP contribution in [0.15, 0.2) is 24.3 Å². The van der Waals surface area contributed by atoms with Crippen molar-refractivity contribution in [1.82, 2.24) is 5.32 Å². The molecule has 1 aromatic rings. The summed E-state index contributed by atoms with van der Waals surface area (Å²) < 4.78 is 24.0. The molecule has 1 aliphatic heterocycles. The predicted molar refractivity (Wildman–Crippen MR) is 83.2 cm³/mol. The molecule has 22 heavy (non-hydrogen) atoms. The minimum Gasteiger partial charge on any atom is -0.389 e. The van der Waals surface area contributed by atoms with Crippen LogP contribution in [0.4, 0.5) is 4.39 Å². The molecule has 0 saturated carbocycles. The number of hydrogen-bond acceptors (Lipinski definition) is 4. The van der Waals surface area contributed by atoms with E-state index in [9.17, 15) is 9.50 Å². The zero-order valence-electron chi connectivity index (χ0n) is 13.3. The molecule has 1 fully saturated rings. The van der Waals surface area contributed by atoms with Gasteiger partial charge in [0.15, 0.2) is 0 Å². The van der Waals surface area contributed by atoms with E-state index in [1.807, 2.05) is 13.8 Å². The number of rotatable bonds is 7. The van der Waals surface area contributed by atoms with Crippen molar-refractivity contribution in [3.05, 3.63) is 35.6 Å². The second-order valence-electron chi connectivity index (χ2n) is 6.31. The van der Waals surface area contributed by atoms with Crippen LogP contribution in [0.2, 0.25) is 0 Å². The van der Waals surface area contributed by atoms with Gasteiger partial charge < -0.3 is 19.9 Å². The molecule has 1 atom stereocenters. The Morgan fingerprint density at radius 1 is 1.32 bits per heavy atom. The highest BCUT2D eigenvalue weighted by Gasteiger charge is 2.22. The molecule has 0 aromatic heterocycles. The van der Waals surface area contributed by atoms with Crippen molar-refractivity contribution >= 4 is 0 Å². The van der Waals surface area contributed by atoms with Gasteiger partial charge in [-0.1, -0.05) is 12.1 Å². The van der Waals surface area contributed by atoms with Gasteiger partial charge in [-0.25, -0.2) is 4.39 Å². The van der Waals surface area contributed by atoms with Crippen LogP contribution in [0.25, 0.3) is 0 Å². The summed E-state index contributed by atoms with van der Waals surface area (Å²) in [6.07, 6.45) is 1.40. The largest absolute Gasteiger partial charge is 0.389 e. The van der Waals surface area contributed by atoms with Gasteiger partial charge in [0.25, 0.3) is 0 Å². The number of ether oxygens (including phenoxy) is 2. The van der Waals surface area contributed by atoms with Crippen molar-refractivity contribution in [3.63, 3.8) is 0 Å². The molecule has 0 radical (unpaired) electrons. The van der Waals surface area contributed by atoms with Gasteiger partial charge in [0.05, 0.1) is 18.8 Å². The highest BCUT2D eigenvalue weighted by molar-refractivity contribution is 5.23. The summed E-state index contributed by atoms with van der Waals surface area (Å²) in [6.45, 7) is 6.22. The second kappa shape index (κ2) is 8.02. The van der Waals surface area contributed by atoms with Crippen LogP contribution in [0.3, 0.4) is 0 Å². The molecule has 0 bridgehead atoms. The monoisotopic (exact) mass is 311 g/mol. The molecule has 1 saturated heterocycles. The average molecular weight is 311 g/mol. The molecular weight excluding hydrogens is 285 g/mol. The highest BCUT2D eigenvalue weighted by atomic mass is 19.1. The third-order valence-electron chi connectivity index (χ3n) is 4.04. The Labute approximate surface area is 131 Å². The Bertz CT molecular complexity index is 444. The number of halogens is 1. The number of aliphatic hydroxyl groups excluding tert-OH is 1. The van der Waals surface area contributed by atoms with Crippen molar-refractivity contribution < 1.29 is 19.0 Å². The fourth-order valence-corrected chi connectivity index (χ4v) is 2.49. The third-order valence-corrected chi connectivity index (χ3v) is 4.04. The minimum atomic E-state index is -0.567. The van der Waals surface area contributed by atoms with E-state index in [-0.39, 0.29) is 17.5 Å². The van der Waals surface area contributed by atoms with Gasteiger partial charge in [-0.2, -0.15) is 0 Å². The van der Waals surface area contributed by atoms with E-state index in [0.717, 1.165) is 31.6 Å². The van der Waals surface area contributed by atoms with E-state index in [1.54, 1.807) is 12.1 Å². The lowest BCUT2D eigenvalue weighted by molar-refractivity contribution is -0.0593. The molecule has 1 aliphatic rings. The SMILES string of the molecule is CC(C)(NCC(O)COC1CCOCC1)c1ccc(F)cc1. The van der Waals surface area contributed by atoms with E-state index in [4.69, 9.17) is 9.47 Å². The lowest BCUT2D eigenvalue weighted by Crippen LogP contribution is -2.43. The van der Waals surface area contributed by atoms with Crippen LogP contribution in [0.5, 0.6) is 0 Å². The lowest BCUT2D eigenvalue weighted by Gasteiger charge is -2.29. The quantitative estimate of drug-likeness (QED) is 0.810. The maximum absolute atomic E-state index is 13.0. The van der Waals surface area contributed by atoms with E-state index in [0.29, 0.717) is 13.2 Å². The third kappa shape index (κ3) is 5.32. The van der Waals surface area contributed by atoms with Gasteiger partial charge >= 0.3 is 0 Å². The summed E-state index contributed by atoms with van der Waals surface area (Å²) in [6, 6.07) is 6.41. The molecule has 0 aliphatic carbocycles. The molecule has 1 aromatic carbocycles. The number of nitrogens with one attached hydrogen (secondary N) is 1. The first-order valence-electron chi connectivity index (χ1n) is 7.86. The smallest absolute Gasteiger partial charge is 0.123 e. The molecule has 5 heteroatoms. The zero-order chi connectivity index (χ0) is 16.0.